The van der Waals surface area contributed by atoms with E-state index in [4.69, 9.17) is 5.73 Å². The summed E-state index contributed by atoms with van der Waals surface area (Å²) in [7, 11) is 0. The van der Waals surface area contributed by atoms with Gasteiger partial charge >= 0.3 is 0 Å². The molecule has 0 saturated heterocycles. The lowest BCUT2D eigenvalue weighted by molar-refractivity contribution is 0.669. The summed E-state index contributed by atoms with van der Waals surface area (Å²) in [5.74, 6) is 0. The number of anilines is 1. The van der Waals surface area contributed by atoms with E-state index < -0.39 is 0 Å². The smallest absolute Gasteiger partial charge is 0.0719 e. The predicted molar refractivity (Wildman–Crippen MR) is 40.4 cm³/mol. The van der Waals surface area contributed by atoms with Crippen LogP contribution in [0.25, 0.3) is 0 Å². The molecule has 9 heavy (non-hydrogen) atoms. The Hall–Kier alpha value is -0.510. The van der Waals surface area contributed by atoms with E-state index in [2.05, 4.69) is 21.0 Å². The number of nitrogen functional groups attached to an aromatic ring is 1. The summed E-state index contributed by atoms with van der Waals surface area (Å²) in [6, 6.07) is 0. The number of hydrogen-bond donors (Lipinski definition) is 1. The summed E-state index contributed by atoms with van der Waals surface area (Å²) in [6.45, 7) is 0.872. The third kappa shape index (κ3) is 1.71. The molecular formula is C5H8BrN3. The van der Waals surface area contributed by atoms with Gasteiger partial charge in [0.05, 0.1) is 18.4 Å². The zero-order valence-corrected chi connectivity index (χ0v) is 6.50. The fourth-order valence-corrected chi connectivity index (χ4v) is 0.952. The maximum absolute atomic E-state index is 5.41. The highest BCUT2D eigenvalue weighted by molar-refractivity contribution is 9.09. The summed E-state index contributed by atoms with van der Waals surface area (Å²) >= 11 is 3.29. The summed E-state index contributed by atoms with van der Waals surface area (Å²) < 4.78 is 1.80. The van der Waals surface area contributed by atoms with E-state index in [1.165, 1.54) is 0 Å². The number of nitrogens with two attached hydrogens (primary N) is 1. The quantitative estimate of drug-likeness (QED) is 0.703. The van der Waals surface area contributed by atoms with Crippen molar-refractivity contribution >= 4 is 21.6 Å². The predicted octanol–water partition coefficient (Wildman–Crippen LogP) is 0.860. The fraction of sp³-hybridized carbons (Fsp3) is 0.400. The maximum Gasteiger partial charge on any atom is 0.0719 e. The van der Waals surface area contributed by atoms with E-state index in [-0.39, 0.29) is 0 Å². The average molecular weight is 190 g/mol. The Labute approximate surface area is 62.0 Å². The molecule has 1 aromatic heterocycles. The van der Waals surface area contributed by atoms with Crippen LogP contribution in [0, 0.1) is 0 Å². The molecule has 50 valence electrons. The first-order valence-corrected chi connectivity index (χ1v) is 3.79. The number of rotatable bonds is 2. The highest BCUT2D eigenvalue weighted by Crippen LogP contribution is 1.97. The first-order chi connectivity index (χ1) is 4.33. The molecule has 4 heteroatoms. The number of aromatic nitrogens is 2. The second kappa shape index (κ2) is 2.87. The van der Waals surface area contributed by atoms with E-state index in [9.17, 15) is 0 Å². The molecule has 0 amide bonds. The molecule has 2 N–H and O–H groups in total. The van der Waals surface area contributed by atoms with Gasteiger partial charge in [0, 0.05) is 11.5 Å². The van der Waals surface area contributed by atoms with Gasteiger partial charge in [-0.3, -0.25) is 4.68 Å². The van der Waals surface area contributed by atoms with Crippen LogP contribution in [0.15, 0.2) is 12.4 Å². The molecule has 0 saturated carbocycles. The molecule has 0 aliphatic carbocycles. The Balaban J connectivity index is 2.61. The van der Waals surface area contributed by atoms with Gasteiger partial charge in [0.25, 0.3) is 0 Å². The van der Waals surface area contributed by atoms with Gasteiger partial charge in [-0.05, 0) is 0 Å². The zero-order valence-electron chi connectivity index (χ0n) is 4.92. The van der Waals surface area contributed by atoms with E-state index in [0.717, 1.165) is 17.6 Å². The van der Waals surface area contributed by atoms with Gasteiger partial charge in [0.15, 0.2) is 0 Å². The molecule has 1 heterocycles. The normalized spacial score (nSPS) is 9.89. The molecule has 0 fully saturated rings. The van der Waals surface area contributed by atoms with Crippen molar-refractivity contribution in [1.29, 1.82) is 0 Å². The van der Waals surface area contributed by atoms with Crippen molar-refractivity contribution in [2.45, 2.75) is 6.54 Å². The Kier molecular flexibility index (Phi) is 2.10. The minimum atomic E-state index is 0.718. The van der Waals surface area contributed by atoms with Gasteiger partial charge in [-0.2, -0.15) is 5.10 Å². The van der Waals surface area contributed by atoms with Gasteiger partial charge in [-0.25, -0.2) is 0 Å². The number of halogens is 1. The minimum Gasteiger partial charge on any atom is -0.396 e. The third-order valence-electron chi connectivity index (χ3n) is 0.967. The van der Waals surface area contributed by atoms with E-state index in [1.807, 2.05) is 0 Å². The van der Waals surface area contributed by atoms with Crippen molar-refractivity contribution in [3.8, 4) is 0 Å². The van der Waals surface area contributed by atoms with Crippen LogP contribution in [0.3, 0.4) is 0 Å². The summed E-state index contributed by atoms with van der Waals surface area (Å²) in [6.07, 6.45) is 3.45. The van der Waals surface area contributed by atoms with Crippen molar-refractivity contribution < 1.29 is 0 Å². The topological polar surface area (TPSA) is 43.8 Å². The van der Waals surface area contributed by atoms with Crippen LogP contribution in [0.5, 0.6) is 0 Å². The van der Waals surface area contributed by atoms with E-state index in [1.54, 1.807) is 17.1 Å². The second-order valence-electron chi connectivity index (χ2n) is 1.73. The molecule has 0 spiro atoms. The molecule has 0 atom stereocenters. The molecule has 0 aliphatic rings. The maximum atomic E-state index is 5.41. The summed E-state index contributed by atoms with van der Waals surface area (Å²) in [5.41, 5.74) is 6.13. The summed E-state index contributed by atoms with van der Waals surface area (Å²) in [5, 5.41) is 4.88. The molecule has 0 aliphatic heterocycles. The van der Waals surface area contributed by atoms with Crippen molar-refractivity contribution in [3.05, 3.63) is 12.4 Å². The largest absolute Gasteiger partial charge is 0.396 e. The Bertz CT molecular complexity index is 184. The van der Waals surface area contributed by atoms with Crippen LogP contribution in [0.2, 0.25) is 0 Å². The molecule has 0 aromatic carbocycles. The van der Waals surface area contributed by atoms with Crippen molar-refractivity contribution in [3.63, 3.8) is 0 Å². The highest BCUT2D eigenvalue weighted by atomic mass is 79.9. The Morgan fingerprint density at radius 2 is 2.56 bits per heavy atom. The van der Waals surface area contributed by atoms with Crippen molar-refractivity contribution in [2.75, 3.05) is 11.1 Å². The molecule has 1 aromatic rings. The number of hydrogen-bond acceptors (Lipinski definition) is 2. The number of aryl methyl sites for hydroxylation is 1. The second-order valence-corrected chi connectivity index (χ2v) is 2.52. The standard InChI is InChI=1S/C5H8BrN3/c6-1-2-9-4-5(7)3-8-9/h3-4H,1-2,7H2. The van der Waals surface area contributed by atoms with Crippen LogP contribution >= 0.6 is 15.9 Å². The highest BCUT2D eigenvalue weighted by Gasteiger charge is 1.90. The lowest BCUT2D eigenvalue weighted by Crippen LogP contribution is -1.97. The van der Waals surface area contributed by atoms with Crippen molar-refractivity contribution in [1.82, 2.24) is 9.78 Å². The molecule has 0 radical (unpaired) electrons. The fourth-order valence-electron chi connectivity index (χ4n) is 0.588. The van der Waals surface area contributed by atoms with E-state index in [0.29, 0.717) is 0 Å². The van der Waals surface area contributed by atoms with Crippen molar-refractivity contribution in [2.24, 2.45) is 0 Å². The Morgan fingerprint density at radius 3 is 3.00 bits per heavy atom. The van der Waals surface area contributed by atoms with Gasteiger partial charge in [-0.15, -0.1) is 0 Å². The molecule has 0 bridgehead atoms. The van der Waals surface area contributed by atoms with Crippen LogP contribution < -0.4 is 5.73 Å². The molecule has 0 unspecified atom stereocenters. The first-order valence-electron chi connectivity index (χ1n) is 2.67. The lowest BCUT2D eigenvalue weighted by Gasteiger charge is -1.92. The minimum absolute atomic E-state index is 0.718. The average Bonchev–Trinajstić information content (AvgIpc) is 2.17. The summed E-state index contributed by atoms with van der Waals surface area (Å²) in [4.78, 5) is 0. The molecule has 3 nitrogen and oxygen atoms in total. The van der Waals surface area contributed by atoms with E-state index >= 15 is 0 Å². The molecule has 1 rings (SSSR count). The van der Waals surface area contributed by atoms with Crippen LogP contribution in [-0.4, -0.2) is 15.1 Å². The zero-order chi connectivity index (χ0) is 6.69. The number of alkyl halides is 1. The van der Waals surface area contributed by atoms with Gasteiger partial charge < -0.3 is 5.73 Å². The van der Waals surface area contributed by atoms with Gasteiger partial charge in [0.1, 0.15) is 0 Å². The Morgan fingerprint density at radius 1 is 1.78 bits per heavy atom. The van der Waals surface area contributed by atoms with Crippen LogP contribution in [0.4, 0.5) is 5.69 Å². The van der Waals surface area contributed by atoms with Crippen LogP contribution in [-0.2, 0) is 6.54 Å². The first kappa shape index (κ1) is 6.61. The van der Waals surface area contributed by atoms with Gasteiger partial charge in [0.2, 0.25) is 0 Å². The lowest BCUT2D eigenvalue weighted by atomic mass is 10.6. The van der Waals surface area contributed by atoms with Crippen LogP contribution in [0.1, 0.15) is 0 Å². The SMILES string of the molecule is Nc1cnn(CCBr)c1. The third-order valence-corrected chi connectivity index (χ3v) is 1.32. The monoisotopic (exact) mass is 189 g/mol. The van der Waals surface area contributed by atoms with Gasteiger partial charge in [-0.1, -0.05) is 15.9 Å². The molecular weight excluding hydrogens is 182 g/mol. The number of nitrogens with zero attached hydrogens (tertiary/aromatic N) is 2.